The molecule has 22 heavy (non-hydrogen) atoms. The number of aryl methyl sites for hydroxylation is 2. The number of benzene rings is 1. The predicted octanol–water partition coefficient (Wildman–Crippen LogP) is 4.83. The highest BCUT2D eigenvalue weighted by Gasteiger charge is 2.20. The number of nitrogens with zero attached hydrogens (tertiary/aromatic N) is 2. The molecule has 0 aliphatic heterocycles. The first-order valence-electron chi connectivity index (χ1n) is 7.71. The van der Waals surface area contributed by atoms with Crippen LogP contribution in [0.2, 0.25) is 0 Å². The van der Waals surface area contributed by atoms with Crippen LogP contribution in [0.1, 0.15) is 39.5 Å². The lowest BCUT2D eigenvalue weighted by molar-refractivity contribution is -0.672. The third kappa shape index (κ3) is 6.49. The Kier molecular flexibility index (Phi) is 7.41. The number of hydrogen-bond acceptors (Lipinski definition) is 0. The Labute approximate surface area is 128 Å². The van der Waals surface area contributed by atoms with Crippen molar-refractivity contribution in [3.8, 4) is 0 Å². The van der Waals surface area contributed by atoms with Gasteiger partial charge in [0.1, 0.15) is 0 Å². The molecule has 124 valence electrons. The van der Waals surface area contributed by atoms with Crippen LogP contribution in [0.15, 0.2) is 30.6 Å². The number of fused-ring (bicyclic) bond motifs is 1. The number of hydrogen-bond donors (Lipinski definition) is 0. The van der Waals surface area contributed by atoms with E-state index < -0.39 is 7.25 Å². The predicted molar refractivity (Wildman–Crippen MR) is 82.1 cm³/mol. The van der Waals surface area contributed by atoms with Gasteiger partial charge < -0.3 is 17.3 Å². The second-order valence-corrected chi connectivity index (χ2v) is 5.19. The number of aromatic nitrogens is 2. The zero-order chi connectivity index (χ0) is 16.6. The summed E-state index contributed by atoms with van der Waals surface area (Å²) in [4.78, 5) is 0. The summed E-state index contributed by atoms with van der Waals surface area (Å²) in [5, 5.41) is 0. The molecule has 2 nitrogen and oxygen atoms in total. The minimum Gasteiger partial charge on any atom is -0.418 e. The molecule has 0 radical (unpaired) electrons. The van der Waals surface area contributed by atoms with E-state index in [0.29, 0.717) is 0 Å². The van der Waals surface area contributed by atoms with E-state index in [1.165, 1.54) is 36.7 Å². The third-order valence-electron chi connectivity index (χ3n) is 3.28. The fraction of sp³-hybridized carbons (Fsp3) is 0.533. The molecule has 0 saturated heterocycles. The highest BCUT2D eigenvalue weighted by Crippen LogP contribution is 2.12. The Bertz CT molecular complexity index is 518. The maximum atomic E-state index is 9.75. The molecule has 0 bridgehead atoms. The van der Waals surface area contributed by atoms with Crippen LogP contribution in [0, 0.1) is 0 Å². The van der Waals surface area contributed by atoms with Crippen molar-refractivity contribution in [1.29, 1.82) is 0 Å². The van der Waals surface area contributed by atoms with Gasteiger partial charge in [0.2, 0.25) is 6.33 Å². The van der Waals surface area contributed by atoms with E-state index in [4.69, 9.17) is 0 Å². The van der Waals surface area contributed by atoms with Gasteiger partial charge in [-0.25, -0.2) is 9.13 Å². The maximum Gasteiger partial charge on any atom is 0.673 e. The summed E-state index contributed by atoms with van der Waals surface area (Å²) in [5.41, 5.74) is 2.74. The summed E-state index contributed by atoms with van der Waals surface area (Å²) >= 11 is 0. The van der Waals surface area contributed by atoms with Crippen LogP contribution in [0.5, 0.6) is 0 Å². The van der Waals surface area contributed by atoms with Crippen LogP contribution in [0.3, 0.4) is 0 Å². The summed E-state index contributed by atoms with van der Waals surface area (Å²) in [5.74, 6) is 0. The molecule has 0 aliphatic rings. The van der Waals surface area contributed by atoms with E-state index in [1.54, 1.807) is 0 Å². The molecule has 0 aliphatic carbocycles. The van der Waals surface area contributed by atoms with Gasteiger partial charge in [0.15, 0.2) is 11.0 Å². The molecule has 0 amide bonds. The lowest BCUT2D eigenvalue weighted by Gasteiger charge is -1.94. The Morgan fingerprint density at radius 1 is 1.00 bits per heavy atom. The second kappa shape index (κ2) is 8.81. The molecule has 1 aromatic heterocycles. The average Bonchev–Trinajstić information content (AvgIpc) is 2.79. The van der Waals surface area contributed by atoms with E-state index in [9.17, 15) is 17.3 Å². The minimum atomic E-state index is -6.00. The fourth-order valence-corrected chi connectivity index (χ4v) is 2.26. The van der Waals surface area contributed by atoms with Gasteiger partial charge in [-0.15, -0.1) is 0 Å². The van der Waals surface area contributed by atoms with Gasteiger partial charge in [0.05, 0.1) is 13.1 Å². The fourth-order valence-electron chi connectivity index (χ4n) is 2.26. The lowest BCUT2D eigenvalue weighted by Crippen LogP contribution is -2.32. The van der Waals surface area contributed by atoms with Gasteiger partial charge in [-0.1, -0.05) is 38.8 Å². The largest absolute Gasteiger partial charge is 0.673 e. The van der Waals surface area contributed by atoms with E-state index in [0.717, 1.165) is 13.1 Å². The van der Waals surface area contributed by atoms with Gasteiger partial charge in [-0.2, -0.15) is 0 Å². The van der Waals surface area contributed by atoms with Crippen LogP contribution < -0.4 is 4.57 Å². The van der Waals surface area contributed by atoms with Crippen molar-refractivity contribution in [3.63, 3.8) is 0 Å². The van der Waals surface area contributed by atoms with Gasteiger partial charge in [-0.05, 0) is 25.0 Å². The molecule has 2 aromatic rings. The van der Waals surface area contributed by atoms with Crippen LogP contribution in [-0.2, 0) is 13.1 Å². The van der Waals surface area contributed by atoms with Crippen LogP contribution >= 0.6 is 0 Å². The lowest BCUT2D eigenvalue weighted by atomic mass is 10.3. The van der Waals surface area contributed by atoms with Gasteiger partial charge in [-0.3, -0.25) is 0 Å². The molecule has 7 heteroatoms. The zero-order valence-electron chi connectivity index (χ0n) is 13.1. The molecule has 0 saturated carbocycles. The molecule has 0 spiro atoms. The first kappa shape index (κ1) is 18.5. The van der Waals surface area contributed by atoms with Crippen molar-refractivity contribution in [2.45, 2.75) is 52.6 Å². The summed E-state index contributed by atoms with van der Waals surface area (Å²) < 4.78 is 43.8. The van der Waals surface area contributed by atoms with Crippen LogP contribution in [0.25, 0.3) is 11.0 Å². The number of imidazole rings is 1. The summed E-state index contributed by atoms with van der Waals surface area (Å²) in [6, 6.07) is 8.73. The van der Waals surface area contributed by atoms with Gasteiger partial charge >= 0.3 is 7.25 Å². The topological polar surface area (TPSA) is 8.81 Å². The summed E-state index contributed by atoms with van der Waals surface area (Å²) in [6.07, 6.45) is 7.30. The van der Waals surface area contributed by atoms with Crippen molar-refractivity contribution >= 4 is 18.3 Å². The van der Waals surface area contributed by atoms with Crippen LogP contribution in [-0.4, -0.2) is 11.8 Å². The SMILES string of the molecule is CCCCn1c[n+](CCCC)c2ccccc21.F[B-](F)(F)F. The van der Waals surface area contributed by atoms with E-state index in [1.807, 2.05) is 0 Å². The van der Waals surface area contributed by atoms with E-state index in [2.05, 4.69) is 53.6 Å². The standard InChI is InChI=1S/C15H23N2.BF4/c1-3-5-11-16-13-17(12-6-4-2)15-10-8-7-9-14(15)16;2-1(3,4)5/h7-10,13H,3-6,11-12H2,1-2H3;/q+1;-1. The Hall–Kier alpha value is -1.53. The van der Waals surface area contributed by atoms with Crippen molar-refractivity contribution in [1.82, 2.24) is 4.57 Å². The second-order valence-electron chi connectivity index (χ2n) is 5.19. The monoisotopic (exact) mass is 318 g/mol. The van der Waals surface area contributed by atoms with E-state index in [-0.39, 0.29) is 0 Å². The first-order valence-corrected chi connectivity index (χ1v) is 7.71. The van der Waals surface area contributed by atoms with Crippen molar-refractivity contribution < 1.29 is 21.8 Å². The van der Waals surface area contributed by atoms with Crippen LogP contribution in [0.4, 0.5) is 17.3 Å². The molecule has 0 atom stereocenters. The van der Waals surface area contributed by atoms with Gasteiger partial charge in [0.25, 0.3) is 0 Å². The number of halogens is 4. The van der Waals surface area contributed by atoms with Crippen molar-refractivity contribution in [2.24, 2.45) is 0 Å². The third-order valence-corrected chi connectivity index (χ3v) is 3.28. The first-order chi connectivity index (χ1) is 10.4. The summed E-state index contributed by atoms with van der Waals surface area (Å²) in [7, 11) is -6.00. The Morgan fingerprint density at radius 2 is 1.59 bits per heavy atom. The number of para-hydroxylation sites is 2. The molecule has 1 aromatic carbocycles. The number of rotatable bonds is 6. The maximum absolute atomic E-state index is 9.75. The van der Waals surface area contributed by atoms with Crippen molar-refractivity contribution in [3.05, 3.63) is 30.6 Å². The van der Waals surface area contributed by atoms with Crippen molar-refractivity contribution in [2.75, 3.05) is 0 Å². The normalized spacial score (nSPS) is 11.4. The molecule has 2 rings (SSSR count). The highest BCUT2D eigenvalue weighted by atomic mass is 19.5. The summed E-state index contributed by atoms with van der Waals surface area (Å²) in [6.45, 7) is 6.76. The van der Waals surface area contributed by atoms with Gasteiger partial charge in [0, 0.05) is 0 Å². The Balaban J connectivity index is 0.000000422. The molecule has 1 heterocycles. The smallest absolute Gasteiger partial charge is 0.418 e. The Morgan fingerprint density at radius 3 is 2.18 bits per heavy atom. The number of unbranched alkanes of at least 4 members (excludes halogenated alkanes) is 2. The molecular weight excluding hydrogens is 295 g/mol. The minimum absolute atomic E-state index is 1.14. The molecule has 0 N–H and O–H groups in total. The zero-order valence-corrected chi connectivity index (χ0v) is 13.1. The molecule has 0 unspecified atom stereocenters. The average molecular weight is 318 g/mol. The van der Waals surface area contributed by atoms with E-state index >= 15 is 0 Å². The highest BCUT2D eigenvalue weighted by molar-refractivity contribution is 6.50. The quantitative estimate of drug-likeness (QED) is 0.410. The molecular formula is C15H23BF4N2. The molecule has 0 fully saturated rings.